The molecule has 94 valence electrons. The van der Waals surface area contributed by atoms with Gasteiger partial charge in [0, 0.05) is 18.8 Å². The van der Waals surface area contributed by atoms with E-state index in [-0.39, 0.29) is 5.41 Å². The van der Waals surface area contributed by atoms with Crippen molar-refractivity contribution >= 4 is 0 Å². The van der Waals surface area contributed by atoms with E-state index in [9.17, 15) is 0 Å². The first kappa shape index (κ1) is 11.5. The highest BCUT2D eigenvalue weighted by Crippen LogP contribution is 2.46. The molecule has 1 aromatic carbocycles. The van der Waals surface area contributed by atoms with E-state index in [2.05, 4.69) is 60.8 Å². The molecule has 0 bridgehead atoms. The van der Waals surface area contributed by atoms with Crippen LogP contribution in [-0.4, -0.2) is 9.55 Å². The Balaban J connectivity index is 2.12. The van der Waals surface area contributed by atoms with Crippen LogP contribution in [0.5, 0.6) is 0 Å². The topological polar surface area (TPSA) is 17.8 Å². The van der Waals surface area contributed by atoms with Gasteiger partial charge in [0.25, 0.3) is 0 Å². The zero-order chi connectivity index (χ0) is 12.8. The second-order valence-electron chi connectivity index (χ2n) is 5.80. The quantitative estimate of drug-likeness (QED) is 0.782. The summed E-state index contributed by atoms with van der Waals surface area (Å²) in [6.07, 6.45) is 6.20. The fourth-order valence-electron chi connectivity index (χ4n) is 3.26. The van der Waals surface area contributed by atoms with Gasteiger partial charge in [0.1, 0.15) is 5.82 Å². The van der Waals surface area contributed by atoms with Crippen LogP contribution in [0.25, 0.3) is 0 Å². The summed E-state index contributed by atoms with van der Waals surface area (Å²) in [5.74, 6) is 1.19. The van der Waals surface area contributed by atoms with Gasteiger partial charge < -0.3 is 4.57 Å². The third-order valence-electron chi connectivity index (χ3n) is 4.15. The fraction of sp³-hybridized carbons (Fsp3) is 0.438. The molecule has 0 fully saturated rings. The van der Waals surface area contributed by atoms with E-state index in [0.29, 0.717) is 6.04 Å². The molecule has 0 aliphatic heterocycles. The molecule has 2 nitrogen and oxygen atoms in total. The minimum Gasteiger partial charge on any atom is -0.327 e. The minimum absolute atomic E-state index is 0.260. The van der Waals surface area contributed by atoms with Gasteiger partial charge in [0.15, 0.2) is 0 Å². The standard InChI is InChI=1S/C16H20N2/c1-4-15-17-9-10-18(15)14-11-16(2,3)13-8-6-5-7-12(13)14/h5-10,14H,4,11H2,1-3H3. The molecule has 1 aromatic heterocycles. The molecule has 1 aliphatic rings. The van der Waals surface area contributed by atoms with Gasteiger partial charge in [-0.25, -0.2) is 4.98 Å². The summed E-state index contributed by atoms with van der Waals surface area (Å²) >= 11 is 0. The van der Waals surface area contributed by atoms with Crippen LogP contribution in [0.3, 0.4) is 0 Å². The van der Waals surface area contributed by atoms with Crippen LogP contribution >= 0.6 is 0 Å². The molecule has 18 heavy (non-hydrogen) atoms. The van der Waals surface area contributed by atoms with Crippen molar-refractivity contribution in [2.75, 3.05) is 0 Å². The van der Waals surface area contributed by atoms with E-state index in [1.54, 1.807) is 0 Å². The molecule has 0 saturated heterocycles. The smallest absolute Gasteiger partial charge is 0.108 e. The van der Waals surface area contributed by atoms with Gasteiger partial charge >= 0.3 is 0 Å². The lowest BCUT2D eigenvalue weighted by Crippen LogP contribution is -2.15. The lowest BCUT2D eigenvalue weighted by molar-refractivity contribution is 0.436. The Hall–Kier alpha value is -1.57. The monoisotopic (exact) mass is 240 g/mol. The first-order chi connectivity index (χ1) is 8.63. The number of rotatable bonds is 2. The van der Waals surface area contributed by atoms with E-state index in [1.165, 1.54) is 17.0 Å². The van der Waals surface area contributed by atoms with Crippen LogP contribution < -0.4 is 0 Å². The maximum Gasteiger partial charge on any atom is 0.108 e. The van der Waals surface area contributed by atoms with Crippen molar-refractivity contribution in [1.82, 2.24) is 9.55 Å². The van der Waals surface area contributed by atoms with Crippen molar-refractivity contribution in [3.05, 3.63) is 53.6 Å². The highest BCUT2D eigenvalue weighted by Gasteiger charge is 2.37. The Morgan fingerprint density at radius 3 is 2.89 bits per heavy atom. The molecule has 0 N–H and O–H groups in total. The average Bonchev–Trinajstić information content (AvgIpc) is 2.92. The Bertz CT molecular complexity index is 566. The van der Waals surface area contributed by atoms with E-state index in [4.69, 9.17) is 0 Å². The molecule has 1 heterocycles. The predicted octanol–water partition coefficient (Wildman–Crippen LogP) is 3.72. The molecule has 2 aromatic rings. The molecule has 0 radical (unpaired) electrons. The third kappa shape index (κ3) is 1.59. The molecule has 1 aliphatic carbocycles. The summed E-state index contributed by atoms with van der Waals surface area (Å²) in [6, 6.07) is 9.30. The number of benzene rings is 1. The molecule has 1 unspecified atom stereocenters. The van der Waals surface area contributed by atoms with Crippen molar-refractivity contribution in [3.63, 3.8) is 0 Å². The predicted molar refractivity (Wildman–Crippen MR) is 73.8 cm³/mol. The summed E-state index contributed by atoms with van der Waals surface area (Å²) in [5, 5.41) is 0. The van der Waals surface area contributed by atoms with Crippen molar-refractivity contribution in [3.8, 4) is 0 Å². The Kier molecular flexibility index (Phi) is 2.54. The molecular formula is C16H20N2. The van der Waals surface area contributed by atoms with Crippen LogP contribution in [0.1, 0.15) is 50.2 Å². The lowest BCUT2D eigenvalue weighted by atomic mass is 9.86. The first-order valence-corrected chi connectivity index (χ1v) is 6.74. The van der Waals surface area contributed by atoms with Gasteiger partial charge in [-0.3, -0.25) is 0 Å². The van der Waals surface area contributed by atoms with Gasteiger partial charge in [-0.2, -0.15) is 0 Å². The molecule has 0 spiro atoms. The fourth-order valence-corrected chi connectivity index (χ4v) is 3.26. The van der Waals surface area contributed by atoms with E-state index in [0.717, 1.165) is 12.8 Å². The minimum atomic E-state index is 0.260. The van der Waals surface area contributed by atoms with Crippen LogP contribution in [0.4, 0.5) is 0 Å². The highest BCUT2D eigenvalue weighted by molar-refractivity contribution is 5.41. The maximum atomic E-state index is 4.46. The molecule has 3 rings (SSSR count). The maximum absolute atomic E-state index is 4.46. The van der Waals surface area contributed by atoms with Crippen molar-refractivity contribution in [2.45, 2.75) is 45.1 Å². The second kappa shape index (κ2) is 3.98. The normalized spacial score (nSPS) is 20.9. The van der Waals surface area contributed by atoms with Crippen LogP contribution in [0.15, 0.2) is 36.7 Å². The number of hydrogen-bond donors (Lipinski definition) is 0. The summed E-state index contributed by atoms with van der Waals surface area (Å²) in [6.45, 7) is 6.85. The summed E-state index contributed by atoms with van der Waals surface area (Å²) in [5.41, 5.74) is 3.22. The number of fused-ring (bicyclic) bond motifs is 1. The zero-order valence-corrected chi connectivity index (χ0v) is 11.4. The second-order valence-corrected chi connectivity index (χ2v) is 5.80. The summed E-state index contributed by atoms with van der Waals surface area (Å²) in [4.78, 5) is 4.46. The molecular weight excluding hydrogens is 220 g/mol. The third-order valence-corrected chi connectivity index (χ3v) is 4.15. The largest absolute Gasteiger partial charge is 0.327 e. The van der Waals surface area contributed by atoms with Gasteiger partial charge in [0.2, 0.25) is 0 Å². The van der Waals surface area contributed by atoms with Crippen molar-refractivity contribution in [1.29, 1.82) is 0 Å². The number of imidazole rings is 1. The van der Waals surface area contributed by atoms with Crippen LogP contribution in [0, 0.1) is 0 Å². The molecule has 1 atom stereocenters. The summed E-state index contributed by atoms with van der Waals surface area (Å²) < 4.78 is 2.35. The Labute approximate surface area is 109 Å². The van der Waals surface area contributed by atoms with Crippen LogP contribution in [0.2, 0.25) is 0 Å². The van der Waals surface area contributed by atoms with Gasteiger partial charge in [-0.1, -0.05) is 45.0 Å². The van der Waals surface area contributed by atoms with Gasteiger partial charge in [0.05, 0.1) is 6.04 Å². The molecule has 0 amide bonds. The van der Waals surface area contributed by atoms with Gasteiger partial charge in [-0.15, -0.1) is 0 Å². The van der Waals surface area contributed by atoms with Crippen molar-refractivity contribution < 1.29 is 0 Å². The summed E-state index contributed by atoms with van der Waals surface area (Å²) in [7, 11) is 0. The Morgan fingerprint density at radius 2 is 2.11 bits per heavy atom. The van der Waals surface area contributed by atoms with E-state index < -0.39 is 0 Å². The zero-order valence-electron chi connectivity index (χ0n) is 11.4. The first-order valence-electron chi connectivity index (χ1n) is 6.74. The number of hydrogen-bond acceptors (Lipinski definition) is 1. The molecule has 0 saturated carbocycles. The lowest BCUT2D eigenvalue weighted by Gasteiger charge is -2.20. The average molecular weight is 240 g/mol. The number of aryl methyl sites for hydroxylation is 1. The van der Waals surface area contributed by atoms with Crippen LogP contribution in [-0.2, 0) is 11.8 Å². The van der Waals surface area contributed by atoms with E-state index in [1.807, 2.05) is 6.20 Å². The molecule has 2 heteroatoms. The Morgan fingerprint density at radius 1 is 1.33 bits per heavy atom. The van der Waals surface area contributed by atoms with Crippen molar-refractivity contribution in [2.24, 2.45) is 0 Å². The van der Waals surface area contributed by atoms with Gasteiger partial charge in [-0.05, 0) is 23.0 Å². The number of aromatic nitrogens is 2. The van der Waals surface area contributed by atoms with E-state index >= 15 is 0 Å². The SMILES string of the molecule is CCc1nccn1C1CC(C)(C)c2ccccc21. The number of nitrogens with zero attached hydrogens (tertiary/aromatic N) is 2. The highest BCUT2D eigenvalue weighted by atomic mass is 15.1.